The highest BCUT2D eigenvalue weighted by Crippen LogP contribution is 2.24. The summed E-state index contributed by atoms with van der Waals surface area (Å²) in [4.78, 5) is 28.9. The van der Waals surface area contributed by atoms with Crippen molar-refractivity contribution >= 4 is 56.5 Å². The van der Waals surface area contributed by atoms with Crippen molar-refractivity contribution in [1.29, 1.82) is 0 Å². The van der Waals surface area contributed by atoms with Crippen LogP contribution in [0.2, 0.25) is 5.02 Å². The first kappa shape index (κ1) is 22.5. The average Bonchev–Trinajstić information content (AvgIpc) is 3.06. The summed E-state index contributed by atoms with van der Waals surface area (Å²) in [6.07, 6.45) is 1.03. The van der Waals surface area contributed by atoms with Gasteiger partial charge in [-0.15, -0.1) is 11.8 Å². The first-order chi connectivity index (χ1) is 14.5. The van der Waals surface area contributed by atoms with Crippen molar-refractivity contribution in [3.63, 3.8) is 0 Å². The van der Waals surface area contributed by atoms with Crippen LogP contribution < -0.4 is 4.80 Å². The third kappa shape index (κ3) is 5.91. The Bertz CT molecular complexity index is 1110. The lowest BCUT2D eigenvalue weighted by atomic mass is 10.3. The van der Waals surface area contributed by atoms with Crippen LogP contribution in [0.15, 0.2) is 52.4 Å². The van der Waals surface area contributed by atoms with Crippen molar-refractivity contribution in [2.24, 2.45) is 4.99 Å². The molecule has 0 bridgehead atoms. The van der Waals surface area contributed by atoms with Crippen LogP contribution in [0.1, 0.15) is 12.8 Å². The summed E-state index contributed by atoms with van der Waals surface area (Å²) in [5.41, 5.74) is 0.812. The molecular weight excluding hydrogens is 446 g/mol. The molecule has 0 spiro atoms. The van der Waals surface area contributed by atoms with Gasteiger partial charge < -0.3 is 9.30 Å². The Labute approximate surface area is 186 Å². The summed E-state index contributed by atoms with van der Waals surface area (Å²) in [6.45, 7) is 0.953. The second kappa shape index (κ2) is 10.7. The van der Waals surface area contributed by atoms with E-state index < -0.39 is 4.92 Å². The number of methoxy groups -OCH3 is 1. The number of rotatable bonds is 9. The molecule has 3 rings (SSSR count). The maximum Gasteiger partial charge on any atom is 0.270 e. The predicted octanol–water partition coefficient (Wildman–Crippen LogP) is 4.91. The molecule has 0 N–H and O–H groups in total. The second-order valence-electron chi connectivity index (χ2n) is 6.35. The van der Waals surface area contributed by atoms with Crippen molar-refractivity contribution < 1.29 is 14.5 Å². The number of non-ortho nitro benzene ring substituents is 1. The highest BCUT2D eigenvalue weighted by atomic mass is 35.5. The van der Waals surface area contributed by atoms with Crippen molar-refractivity contribution in [2.75, 3.05) is 19.5 Å². The zero-order chi connectivity index (χ0) is 21.5. The van der Waals surface area contributed by atoms with E-state index in [0.717, 1.165) is 16.2 Å². The average molecular weight is 466 g/mol. The molecule has 1 amide bonds. The van der Waals surface area contributed by atoms with Crippen LogP contribution in [0.4, 0.5) is 5.69 Å². The molecule has 1 aromatic heterocycles. The topological polar surface area (TPSA) is 86.7 Å². The normalized spacial score (nSPS) is 11.9. The minimum atomic E-state index is -0.432. The lowest BCUT2D eigenvalue weighted by Gasteiger charge is -2.04. The zero-order valence-electron chi connectivity index (χ0n) is 16.2. The van der Waals surface area contributed by atoms with Crippen LogP contribution in [0.25, 0.3) is 10.2 Å². The fraction of sp³-hybridized carbons (Fsp3) is 0.300. The number of aromatic nitrogens is 1. The molecule has 0 unspecified atom stereocenters. The lowest BCUT2D eigenvalue weighted by Crippen LogP contribution is -2.19. The SMILES string of the molecule is COCCn1c(=NC(=O)CCCSc2ccc(Cl)cc2)sc2cc([N+](=O)[O-])ccc21. The molecule has 1 heterocycles. The highest BCUT2D eigenvalue weighted by molar-refractivity contribution is 7.99. The Morgan fingerprint density at radius 2 is 2.07 bits per heavy atom. The zero-order valence-corrected chi connectivity index (χ0v) is 18.6. The standard InChI is InChI=1S/C20H20ClN3O4S2/c1-28-11-10-23-17-9-6-15(24(26)27)13-18(17)30-20(23)22-19(25)3-2-12-29-16-7-4-14(21)5-8-16/h4-9,13H,2-3,10-12H2,1H3. The summed E-state index contributed by atoms with van der Waals surface area (Å²) in [7, 11) is 1.60. The van der Waals surface area contributed by atoms with Gasteiger partial charge in [0.2, 0.25) is 5.91 Å². The molecule has 0 saturated heterocycles. The maximum atomic E-state index is 12.4. The van der Waals surface area contributed by atoms with Gasteiger partial charge in [-0.1, -0.05) is 22.9 Å². The van der Waals surface area contributed by atoms with Gasteiger partial charge in [-0.3, -0.25) is 14.9 Å². The number of carbonyl (C=O) groups excluding carboxylic acids is 1. The van der Waals surface area contributed by atoms with Crippen LogP contribution in [0.5, 0.6) is 0 Å². The van der Waals surface area contributed by atoms with Gasteiger partial charge in [0.25, 0.3) is 5.69 Å². The highest BCUT2D eigenvalue weighted by Gasteiger charge is 2.12. The summed E-state index contributed by atoms with van der Waals surface area (Å²) in [6, 6.07) is 12.2. The molecule has 7 nitrogen and oxygen atoms in total. The second-order valence-corrected chi connectivity index (χ2v) is 8.96. The smallest absolute Gasteiger partial charge is 0.270 e. The molecule has 0 fully saturated rings. The van der Waals surface area contributed by atoms with Gasteiger partial charge in [-0.25, -0.2) is 0 Å². The van der Waals surface area contributed by atoms with Crippen molar-refractivity contribution in [2.45, 2.75) is 24.3 Å². The molecule has 10 heteroatoms. The van der Waals surface area contributed by atoms with E-state index in [1.54, 1.807) is 24.9 Å². The van der Waals surface area contributed by atoms with E-state index in [0.29, 0.717) is 40.5 Å². The first-order valence-corrected chi connectivity index (χ1v) is 11.4. The number of hydrogen-bond donors (Lipinski definition) is 0. The van der Waals surface area contributed by atoms with Gasteiger partial charge in [-0.2, -0.15) is 4.99 Å². The van der Waals surface area contributed by atoms with Crippen molar-refractivity contribution in [1.82, 2.24) is 4.57 Å². The number of ether oxygens (including phenoxy) is 1. The van der Waals surface area contributed by atoms with E-state index >= 15 is 0 Å². The van der Waals surface area contributed by atoms with Gasteiger partial charge in [0.15, 0.2) is 4.80 Å². The van der Waals surface area contributed by atoms with Gasteiger partial charge in [-0.05, 0) is 42.5 Å². The molecule has 3 aromatic rings. The Hall–Kier alpha value is -2.20. The monoisotopic (exact) mass is 465 g/mol. The Kier molecular flexibility index (Phi) is 8.03. The third-order valence-electron chi connectivity index (χ3n) is 4.23. The van der Waals surface area contributed by atoms with Gasteiger partial charge >= 0.3 is 0 Å². The molecule has 30 heavy (non-hydrogen) atoms. The molecule has 0 saturated carbocycles. The predicted molar refractivity (Wildman–Crippen MR) is 120 cm³/mol. The van der Waals surface area contributed by atoms with Crippen LogP contribution in [-0.4, -0.2) is 34.9 Å². The molecule has 0 aliphatic heterocycles. The summed E-state index contributed by atoms with van der Waals surface area (Å²) in [5, 5.41) is 11.7. The summed E-state index contributed by atoms with van der Waals surface area (Å²) in [5.74, 6) is 0.587. The number of nitro groups is 1. The number of amides is 1. The van der Waals surface area contributed by atoms with Gasteiger partial charge in [0.1, 0.15) is 0 Å². The number of thioether (sulfide) groups is 1. The fourth-order valence-electron chi connectivity index (χ4n) is 2.77. The summed E-state index contributed by atoms with van der Waals surface area (Å²) >= 11 is 8.81. The Morgan fingerprint density at radius 3 is 2.77 bits per heavy atom. The number of carbonyl (C=O) groups is 1. The molecule has 0 radical (unpaired) electrons. The van der Waals surface area contributed by atoms with Crippen LogP contribution in [0, 0.1) is 10.1 Å². The largest absolute Gasteiger partial charge is 0.383 e. The number of nitro benzene ring substituents is 1. The molecule has 0 aliphatic rings. The molecule has 158 valence electrons. The third-order valence-corrected chi connectivity index (χ3v) is 6.63. The Morgan fingerprint density at radius 1 is 1.30 bits per heavy atom. The number of thiazole rings is 1. The van der Waals surface area contributed by atoms with E-state index in [2.05, 4.69) is 4.99 Å². The molecule has 2 aromatic carbocycles. The molecule has 0 aliphatic carbocycles. The van der Waals surface area contributed by atoms with Gasteiger partial charge in [0.05, 0.1) is 21.7 Å². The van der Waals surface area contributed by atoms with E-state index in [1.165, 1.54) is 23.5 Å². The Balaban J connectivity index is 1.71. The van der Waals surface area contributed by atoms with Crippen molar-refractivity contribution in [3.05, 3.63) is 62.4 Å². The van der Waals surface area contributed by atoms with Gasteiger partial charge in [0, 0.05) is 42.1 Å². The first-order valence-electron chi connectivity index (χ1n) is 9.20. The quantitative estimate of drug-likeness (QED) is 0.194. The van der Waals surface area contributed by atoms with Crippen LogP contribution >= 0.6 is 34.7 Å². The number of benzene rings is 2. The van der Waals surface area contributed by atoms with E-state index in [4.69, 9.17) is 16.3 Å². The molecule has 0 atom stereocenters. The van der Waals surface area contributed by atoms with Crippen LogP contribution in [-0.2, 0) is 16.1 Å². The summed E-state index contributed by atoms with van der Waals surface area (Å²) < 4.78 is 7.73. The number of nitrogens with zero attached hydrogens (tertiary/aromatic N) is 3. The number of halogens is 1. The fourth-order valence-corrected chi connectivity index (χ4v) is 4.85. The van der Waals surface area contributed by atoms with E-state index in [9.17, 15) is 14.9 Å². The van der Waals surface area contributed by atoms with E-state index in [-0.39, 0.29) is 11.6 Å². The van der Waals surface area contributed by atoms with Crippen molar-refractivity contribution in [3.8, 4) is 0 Å². The van der Waals surface area contributed by atoms with E-state index in [1.807, 2.05) is 28.8 Å². The maximum absolute atomic E-state index is 12.4. The van der Waals surface area contributed by atoms with Crippen LogP contribution in [0.3, 0.4) is 0 Å². The minimum absolute atomic E-state index is 0.0137. The minimum Gasteiger partial charge on any atom is -0.383 e. The number of hydrogen-bond acceptors (Lipinski definition) is 6. The lowest BCUT2D eigenvalue weighted by molar-refractivity contribution is -0.384. The molecular formula is C20H20ClN3O4S2. The number of fused-ring (bicyclic) bond motifs is 1.